The van der Waals surface area contributed by atoms with Crippen molar-refractivity contribution < 1.29 is 0 Å². The minimum Gasteiger partial charge on any atom is -0.336 e. The van der Waals surface area contributed by atoms with E-state index in [-0.39, 0.29) is 6.04 Å². The van der Waals surface area contributed by atoms with Crippen LogP contribution in [0, 0.1) is 0 Å². The van der Waals surface area contributed by atoms with Gasteiger partial charge in [-0.1, -0.05) is 42.3 Å². The molecule has 18 heavy (non-hydrogen) atoms. The molecule has 1 aromatic heterocycles. The third kappa shape index (κ3) is 2.53. The van der Waals surface area contributed by atoms with Crippen molar-refractivity contribution in [2.75, 3.05) is 6.54 Å². The van der Waals surface area contributed by atoms with Gasteiger partial charge < -0.3 is 9.88 Å². The monoisotopic (exact) mass is 283 g/mol. The van der Waals surface area contributed by atoms with Crippen LogP contribution in [0.3, 0.4) is 0 Å². The maximum atomic E-state index is 6.29. The van der Waals surface area contributed by atoms with E-state index in [9.17, 15) is 0 Å². The molecule has 0 amide bonds. The number of nitrogens with one attached hydrogen (secondary N) is 1. The van der Waals surface area contributed by atoms with Crippen LogP contribution in [-0.2, 0) is 7.05 Å². The van der Waals surface area contributed by atoms with E-state index in [0.29, 0.717) is 10.0 Å². The first-order chi connectivity index (χ1) is 8.65. The zero-order valence-corrected chi connectivity index (χ0v) is 11.8. The Balaban J connectivity index is 2.48. The zero-order chi connectivity index (χ0) is 13.1. The van der Waals surface area contributed by atoms with Crippen LogP contribution in [0.4, 0.5) is 0 Å². The zero-order valence-electron chi connectivity index (χ0n) is 10.3. The van der Waals surface area contributed by atoms with Gasteiger partial charge in [0.25, 0.3) is 0 Å². The Labute approximate surface area is 117 Å². The number of rotatable bonds is 4. The van der Waals surface area contributed by atoms with Gasteiger partial charge in [0.2, 0.25) is 0 Å². The SMILES string of the molecule is CCNC(c1cccc(Cl)c1Cl)c1cncn1C. The molecule has 2 rings (SSSR count). The summed E-state index contributed by atoms with van der Waals surface area (Å²) in [6.07, 6.45) is 3.61. The summed E-state index contributed by atoms with van der Waals surface area (Å²) < 4.78 is 1.98. The van der Waals surface area contributed by atoms with Crippen molar-refractivity contribution in [3.8, 4) is 0 Å². The number of aromatic nitrogens is 2. The van der Waals surface area contributed by atoms with E-state index >= 15 is 0 Å². The molecule has 0 radical (unpaired) electrons. The van der Waals surface area contributed by atoms with Crippen molar-refractivity contribution in [3.05, 3.63) is 52.0 Å². The van der Waals surface area contributed by atoms with Crippen molar-refractivity contribution in [3.63, 3.8) is 0 Å². The number of aryl methyl sites for hydroxylation is 1. The number of hydrogen-bond acceptors (Lipinski definition) is 2. The van der Waals surface area contributed by atoms with Gasteiger partial charge in [0, 0.05) is 7.05 Å². The molecule has 0 saturated carbocycles. The van der Waals surface area contributed by atoms with Crippen LogP contribution < -0.4 is 5.32 Å². The summed E-state index contributed by atoms with van der Waals surface area (Å²) in [5, 5.41) is 4.56. The molecule has 1 atom stereocenters. The van der Waals surface area contributed by atoms with Crippen LogP contribution in [0.25, 0.3) is 0 Å². The molecule has 96 valence electrons. The Morgan fingerprint density at radius 3 is 2.78 bits per heavy atom. The van der Waals surface area contributed by atoms with Crippen LogP contribution in [-0.4, -0.2) is 16.1 Å². The Hall–Kier alpha value is -1.03. The number of benzene rings is 1. The first kappa shape index (κ1) is 13.4. The highest BCUT2D eigenvalue weighted by molar-refractivity contribution is 6.42. The summed E-state index contributed by atoms with van der Waals surface area (Å²) in [6, 6.07) is 5.67. The smallest absolute Gasteiger partial charge is 0.0946 e. The van der Waals surface area contributed by atoms with Gasteiger partial charge in [0.05, 0.1) is 34.3 Å². The van der Waals surface area contributed by atoms with Crippen LogP contribution in [0.1, 0.15) is 24.2 Å². The molecule has 0 fully saturated rings. The molecule has 0 saturated heterocycles. The average molecular weight is 284 g/mol. The number of nitrogens with zero attached hydrogens (tertiary/aromatic N) is 2. The third-order valence-electron chi connectivity index (χ3n) is 2.85. The second kappa shape index (κ2) is 5.74. The molecule has 1 heterocycles. The van der Waals surface area contributed by atoms with Crippen molar-refractivity contribution in [1.82, 2.24) is 14.9 Å². The first-order valence-corrected chi connectivity index (χ1v) is 6.54. The first-order valence-electron chi connectivity index (χ1n) is 5.78. The second-order valence-electron chi connectivity index (χ2n) is 4.06. The van der Waals surface area contributed by atoms with E-state index in [1.165, 1.54) is 0 Å². The van der Waals surface area contributed by atoms with Crippen molar-refractivity contribution in [2.24, 2.45) is 7.05 Å². The molecule has 3 nitrogen and oxygen atoms in total. The molecule has 2 aromatic rings. The lowest BCUT2D eigenvalue weighted by molar-refractivity contribution is 0.594. The molecule has 1 N–H and O–H groups in total. The van der Waals surface area contributed by atoms with Gasteiger partial charge in [-0.15, -0.1) is 0 Å². The minimum atomic E-state index is -0.00583. The molecule has 1 unspecified atom stereocenters. The van der Waals surface area contributed by atoms with E-state index < -0.39 is 0 Å². The van der Waals surface area contributed by atoms with Gasteiger partial charge in [-0.3, -0.25) is 0 Å². The van der Waals surface area contributed by atoms with Crippen LogP contribution in [0.15, 0.2) is 30.7 Å². The fourth-order valence-corrected chi connectivity index (χ4v) is 2.38. The Morgan fingerprint density at radius 2 is 2.17 bits per heavy atom. The highest BCUT2D eigenvalue weighted by Gasteiger charge is 2.19. The van der Waals surface area contributed by atoms with Crippen LogP contribution in [0.2, 0.25) is 10.0 Å². The molecule has 1 aromatic carbocycles. The molecule has 0 aliphatic rings. The molecule has 0 aliphatic heterocycles. The van der Waals surface area contributed by atoms with E-state index in [1.54, 1.807) is 12.4 Å². The molecule has 5 heteroatoms. The van der Waals surface area contributed by atoms with Crippen LogP contribution in [0.5, 0.6) is 0 Å². The summed E-state index contributed by atoms with van der Waals surface area (Å²) >= 11 is 12.4. The summed E-state index contributed by atoms with van der Waals surface area (Å²) in [5.41, 5.74) is 2.02. The van der Waals surface area contributed by atoms with Gasteiger partial charge in [-0.05, 0) is 18.2 Å². The third-order valence-corrected chi connectivity index (χ3v) is 3.68. The van der Waals surface area contributed by atoms with E-state index in [0.717, 1.165) is 17.8 Å². The van der Waals surface area contributed by atoms with E-state index in [4.69, 9.17) is 23.2 Å². The van der Waals surface area contributed by atoms with E-state index in [1.807, 2.05) is 29.9 Å². The summed E-state index contributed by atoms with van der Waals surface area (Å²) in [5.74, 6) is 0. The topological polar surface area (TPSA) is 29.9 Å². The molecule has 0 spiro atoms. The number of halogens is 2. The predicted octanol–water partition coefficient (Wildman–Crippen LogP) is 3.43. The average Bonchev–Trinajstić information content (AvgIpc) is 2.76. The molecule has 0 aliphatic carbocycles. The van der Waals surface area contributed by atoms with Gasteiger partial charge in [-0.25, -0.2) is 4.98 Å². The standard InChI is InChI=1S/C13H15Cl2N3/c1-3-17-13(11-7-16-8-18(11)2)9-5-4-6-10(14)12(9)15/h4-8,13,17H,3H2,1-2H3. The van der Waals surface area contributed by atoms with E-state index in [2.05, 4.69) is 17.2 Å². The molecular formula is C13H15Cl2N3. The Bertz CT molecular complexity index is 537. The van der Waals surface area contributed by atoms with Crippen molar-refractivity contribution in [1.29, 1.82) is 0 Å². The summed E-state index contributed by atoms with van der Waals surface area (Å²) in [6.45, 7) is 2.89. The van der Waals surface area contributed by atoms with Gasteiger partial charge in [-0.2, -0.15) is 0 Å². The van der Waals surface area contributed by atoms with Gasteiger partial charge in [0.15, 0.2) is 0 Å². The fraction of sp³-hybridized carbons (Fsp3) is 0.308. The molecule has 0 bridgehead atoms. The van der Waals surface area contributed by atoms with Crippen molar-refractivity contribution >= 4 is 23.2 Å². The Morgan fingerprint density at radius 1 is 1.39 bits per heavy atom. The highest BCUT2D eigenvalue weighted by atomic mass is 35.5. The Kier molecular flexibility index (Phi) is 4.27. The van der Waals surface area contributed by atoms with Crippen LogP contribution >= 0.6 is 23.2 Å². The molecular weight excluding hydrogens is 269 g/mol. The largest absolute Gasteiger partial charge is 0.336 e. The maximum absolute atomic E-state index is 6.29. The number of imidazole rings is 1. The number of hydrogen-bond donors (Lipinski definition) is 1. The highest BCUT2D eigenvalue weighted by Crippen LogP contribution is 2.32. The quantitative estimate of drug-likeness (QED) is 0.932. The van der Waals surface area contributed by atoms with Gasteiger partial charge in [0.1, 0.15) is 0 Å². The summed E-state index contributed by atoms with van der Waals surface area (Å²) in [7, 11) is 1.96. The summed E-state index contributed by atoms with van der Waals surface area (Å²) in [4.78, 5) is 4.15. The lowest BCUT2D eigenvalue weighted by atomic mass is 10.0. The predicted molar refractivity (Wildman–Crippen MR) is 75.2 cm³/mol. The minimum absolute atomic E-state index is 0.00583. The maximum Gasteiger partial charge on any atom is 0.0946 e. The second-order valence-corrected chi connectivity index (χ2v) is 4.85. The lowest BCUT2D eigenvalue weighted by Gasteiger charge is -2.20. The lowest BCUT2D eigenvalue weighted by Crippen LogP contribution is -2.24. The van der Waals surface area contributed by atoms with Gasteiger partial charge >= 0.3 is 0 Å². The van der Waals surface area contributed by atoms with Crippen molar-refractivity contribution in [2.45, 2.75) is 13.0 Å². The normalized spacial score (nSPS) is 12.7. The fourth-order valence-electron chi connectivity index (χ4n) is 1.97.